The van der Waals surface area contributed by atoms with Crippen molar-refractivity contribution in [1.29, 1.82) is 0 Å². The molecule has 0 fully saturated rings. The summed E-state index contributed by atoms with van der Waals surface area (Å²) in [6.45, 7) is 6.21. The van der Waals surface area contributed by atoms with Crippen LogP contribution in [0, 0.1) is 6.92 Å². The van der Waals surface area contributed by atoms with Gasteiger partial charge >= 0.3 is 6.01 Å². The van der Waals surface area contributed by atoms with Crippen LogP contribution < -0.4 is 14.5 Å². The van der Waals surface area contributed by atoms with E-state index in [1.165, 1.54) is 11.3 Å². The van der Waals surface area contributed by atoms with E-state index < -0.39 is 0 Å². The van der Waals surface area contributed by atoms with Gasteiger partial charge in [-0.1, -0.05) is 35.9 Å². The topological polar surface area (TPSA) is 59.3 Å². The lowest BCUT2D eigenvalue weighted by Gasteiger charge is -2.35. The molecule has 0 unspecified atom stereocenters. The summed E-state index contributed by atoms with van der Waals surface area (Å²) in [4.78, 5) is 18.7. The minimum absolute atomic E-state index is 0.414. The normalized spacial score (nSPS) is 15.5. The molecule has 4 aromatic rings. The highest BCUT2D eigenvalue weighted by Gasteiger charge is 2.28. The van der Waals surface area contributed by atoms with E-state index in [4.69, 9.17) is 26.3 Å². The van der Waals surface area contributed by atoms with Gasteiger partial charge in [0.05, 0.1) is 42.8 Å². The number of aryl methyl sites for hydroxylation is 1. The lowest BCUT2D eigenvalue weighted by atomic mass is 10.0. The number of rotatable bonds is 3. The van der Waals surface area contributed by atoms with Crippen LogP contribution >= 0.6 is 11.6 Å². The SMILES string of the molecule is COc1nc2c(c(N3CCn4c(cnc4C)C3)n1)CCN(c1cccc3cccc(Cl)c13)C2. The van der Waals surface area contributed by atoms with Crippen molar-refractivity contribution in [1.82, 2.24) is 19.5 Å². The van der Waals surface area contributed by atoms with Crippen molar-refractivity contribution in [2.75, 3.05) is 30.0 Å². The maximum Gasteiger partial charge on any atom is 0.318 e. The number of benzene rings is 2. The van der Waals surface area contributed by atoms with Crippen LogP contribution in [0.25, 0.3) is 10.8 Å². The first-order chi connectivity index (χ1) is 16.1. The highest BCUT2D eigenvalue weighted by molar-refractivity contribution is 6.36. The molecule has 0 spiro atoms. The zero-order valence-corrected chi connectivity index (χ0v) is 19.5. The molecule has 7 nitrogen and oxygen atoms in total. The molecule has 0 amide bonds. The number of nitrogens with zero attached hydrogens (tertiary/aromatic N) is 6. The molecule has 8 heteroatoms. The van der Waals surface area contributed by atoms with Crippen molar-refractivity contribution in [3.63, 3.8) is 0 Å². The van der Waals surface area contributed by atoms with Crippen molar-refractivity contribution < 1.29 is 4.74 Å². The maximum absolute atomic E-state index is 6.61. The van der Waals surface area contributed by atoms with E-state index in [1.807, 2.05) is 18.3 Å². The molecule has 0 N–H and O–H groups in total. The number of methoxy groups -OCH3 is 1. The zero-order chi connectivity index (χ0) is 22.5. The zero-order valence-electron chi connectivity index (χ0n) is 18.8. The molecule has 0 bridgehead atoms. The molecule has 0 atom stereocenters. The van der Waals surface area contributed by atoms with Gasteiger partial charge in [0.15, 0.2) is 0 Å². The summed E-state index contributed by atoms with van der Waals surface area (Å²) in [7, 11) is 1.63. The Morgan fingerprint density at radius 3 is 2.67 bits per heavy atom. The van der Waals surface area contributed by atoms with E-state index in [1.54, 1.807) is 7.11 Å². The fourth-order valence-electron chi connectivity index (χ4n) is 5.11. The van der Waals surface area contributed by atoms with E-state index in [-0.39, 0.29) is 0 Å². The van der Waals surface area contributed by atoms with Gasteiger partial charge < -0.3 is 19.1 Å². The average molecular weight is 461 g/mol. The predicted octanol–water partition coefficient (Wildman–Crippen LogP) is 4.38. The number of imidazole rings is 1. The average Bonchev–Trinajstić information content (AvgIpc) is 3.22. The minimum atomic E-state index is 0.414. The smallest absolute Gasteiger partial charge is 0.318 e. The fourth-order valence-corrected chi connectivity index (χ4v) is 5.39. The standard InChI is InChI=1S/C25H25ClN6O/c1-16-27-13-18-14-31(11-12-32(16)18)24-19-9-10-30(15-21(19)28-25(29-24)33-2)22-8-4-6-17-5-3-7-20(26)23(17)22/h3-8,13H,9-12,14-15H2,1-2H3. The number of halogens is 1. The van der Waals surface area contributed by atoms with Crippen molar-refractivity contribution in [3.8, 4) is 6.01 Å². The van der Waals surface area contributed by atoms with Crippen molar-refractivity contribution in [3.05, 3.63) is 70.4 Å². The second-order valence-electron chi connectivity index (χ2n) is 8.62. The van der Waals surface area contributed by atoms with Gasteiger partial charge in [-0.2, -0.15) is 9.97 Å². The minimum Gasteiger partial charge on any atom is -0.467 e. The van der Waals surface area contributed by atoms with Gasteiger partial charge in [-0.25, -0.2) is 4.98 Å². The predicted molar refractivity (Wildman–Crippen MR) is 130 cm³/mol. The molecule has 168 valence electrons. The third-order valence-corrected chi connectivity index (χ3v) is 7.08. The Bertz CT molecular complexity index is 1360. The van der Waals surface area contributed by atoms with E-state index in [0.717, 1.165) is 71.4 Å². The van der Waals surface area contributed by atoms with E-state index in [9.17, 15) is 0 Å². The number of hydrogen-bond donors (Lipinski definition) is 0. The van der Waals surface area contributed by atoms with Gasteiger partial charge in [-0.05, 0) is 30.9 Å². The van der Waals surface area contributed by atoms with Crippen LogP contribution in [-0.2, 0) is 26.1 Å². The number of aromatic nitrogens is 4. The first-order valence-electron chi connectivity index (χ1n) is 11.2. The largest absolute Gasteiger partial charge is 0.467 e. The molecule has 0 saturated heterocycles. The van der Waals surface area contributed by atoms with E-state index in [0.29, 0.717) is 12.6 Å². The van der Waals surface area contributed by atoms with Crippen LogP contribution in [0.3, 0.4) is 0 Å². The first kappa shape index (κ1) is 20.3. The Hall–Kier alpha value is -3.32. The van der Waals surface area contributed by atoms with E-state index in [2.05, 4.69) is 50.5 Å². The Kier molecular flexibility index (Phi) is 4.87. The number of fused-ring (bicyclic) bond motifs is 3. The van der Waals surface area contributed by atoms with Gasteiger partial charge in [-0.3, -0.25) is 0 Å². The summed E-state index contributed by atoms with van der Waals surface area (Å²) >= 11 is 6.61. The number of ether oxygens (including phenoxy) is 1. The Morgan fingerprint density at radius 2 is 1.82 bits per heavy atom. The summed E-state index contributed by atoms with van der Waals surface area (Å²) < 4.78 is 7.79. The monoisotopic (exact) mass is 460 g/mol. The molecular weight excluding hydrogens is 436 g/mol. The lowest BCUT2D eigenvalue weighted by Crippen LogP contribution is -2.37. The van der Waals surface area contributed by atoms with E-state index >= 15 is 0 Å². The first-order valence-corrected chi connectivity index (χ1v) is 11.6. The van der Waals surface area contributed by atoms with Crippen LogP contribution in [-0.4, -0.2) is 39.7 Å². The molecule has 0 aliphatic carbocycles. The molecule has 2 aliphatic heterocycles. The molecule has 4 heterocycles. The highest BCUT2D eigenvalue weighted by atomic mass is 35.5. The van der Waals surface area contributed by atoms with Crippen molar-refractivity contribution >= 4 is 33.9 Å². The van der Waals surface area contributed by atoms with Gasteiger partial charge in [0.1, 0.15) is 11.6 Å². The molecule has 2 aromatic carbocycles. The molecule has 0 saturated carbocycles. The third-order valence-electron chi connectivity index (χ3n) is 6.76. The van der Waals surface area contributed by atoms with Gasteiger partial charge in [0.2, 0.25) is 0 Å². The molecule has 0 radical (unpaired) electrons. The Morgan fingerprint density at radius 1 is 0.970 bits per heavy atom. The summed E-state index contributed by atoms with van der Waals surface area (Å²) in [5.74, 6) is 2.05. The Labute approximate surface area is 197 Å². The fraction of sp³-hybridized carbons (Fsp3) is 0.320. The summed E-state index contributed by atoms with van der Waals surface area (Å²) in [6.07, 6.45) is 2.84. The Balaban J connectivity index is 1.38. The summed E-state index contributed by atoms with van der Waals surface area (Å²) in [6, 6.07) is 12.8. The van der Waals surface area contributed by atoms with Gasteiger partial charge in [0.25, 0.3) is 0 Å². The molecule has 2 aromatic heterocycles. The molecule has 6 rings (SSSR count). The quantitative estimate of drug-likeness (QED) is 0.452. The van der Waals surface area contributed by atoms with Gasteiger partial charge in [0, 0.05) is 36.3 Å². The maximum atomic E-state index is 6.61. The summed E-state index contributed by atoms with van der Waals surface area (Å²) in [5.41, 5.74) is 4.58. The molecule has 33 heavy (non-hydrogen) atoms. The van der Waals surface area contributed by atoms with Crippen LogP contribution in [0.5, 0.6) is 6.01 Å². The second-order valence-corrected chi connectivity index (χ2v) is 9.02. The lowest BCUT2D eigenvalue weighted by molar-refractivity contribution is 0.375. The van der Waals surface area contributed by atoms with Crippen LogP contribution in [0.4, 0.5) is 11.5 Å². The van der Waals surface area contributed by atoms with Crippen LogP contribution in [0.15, 0.2) is 42.6 Å². The van der Waals surface area contributed by atoms with Crippen molar-refractivity contribution in [2.45, 2.75) is 33.0 Å². The van der Waals surface area contributed by atoms with Crippen LogP contribution in [0.1, 0.15) is 22.8 Å². The summed E-state index contributed by atoms with van der Waals surface area (Å²) in [5, 5.41) is 3.01. The number of anilines is 2. The van der Waals surface area contributed by atoms with Crippen LogP contribution in [0.2, 0.25) is 5.02 Å². The third kappa shape index (κ3) is 3.38. The molecule has 2 aliphatic rings. The second kappa shape index (κ2) is 7.92. The highest BCUT2D eigenvalue weighted by Crippen LogP contribution is 2.37. The number of hydrogen-bond acceptors (Lipinski definition) is 6. The van der Waals surface area contributed by atoms with Gasteiger partial charge in [-0.15, -0.1) is 0 Å². The molecular formula is C25H25ClN6O. The van der Waals surface area contributed by atoms with Crippen molar-refractivity contribution in [2.24, 2.45) is 0 Å².